The zero-order chi connectivity index (χ0) is 14.7. The van der Waals surface area contributed by atoms with Crippen LogP contribution in [0.5, 0.6) is 0 Å². The predicted molar refractivity (Wildman–Crippen MR) is 80.4 cm³/mol. The molecular weight excluding hydrogens is 265 g/mol. The van der Waals surface area contributed by atoms with Gasteiger partial charge in [0.1, 0.15) is 5.82 Å². The number of carbonyl (C=O) groups is 1. The van der Waals surface area contributed by atoms with Crippen LogP contribution in [0.3, 0.4) is 0 Å². The summed E-state index contributed by atoms with van der Waals surface area (Å²) in [5.41, 5.74) is 3.24. The number of rotatable bonds is 3. The smallest absolute Gasteiger partial charge is 0.224 e. The fraction of sp³-hybridized carbons (Fsp3) is 0.278. The van der Waals surface area contributed by atoms with Crippen LogP contribution in [0.4, 0.5) is 4.39 Å². The summed E-state index contributed by atoms with van der Waals surface area (Å²) >= 11 is 0. The number of hydrogen-bond acceptors (Lipinski definition) is 1. The van der Waals surface area contributed by atoms with Gasteiger partial charge in [0.2, 0.25) is 5.91 Å². The Balaban J connectivity index is 1.68. The summed E-state index contributed by atoms with van der Waals surface area (Å²) in [6.07, 6.45) is 3.34. The standard InChI is InChI=1S/C18H18FNO/c19-15-8-3-5-13(11-15)12-18(21)20-17-10-4-7-14-6-1-2-9-16(14)17/h1-3,5-6,8-9,11,17H,4,7,10,12H2,(H,20,21). The van der Waals surface area contributed by atoms with Crippen molar-refractivity contribution in [3.63, 3.8) is 0 Å². The van der Waals surface area contributed by atoms with Gasteiger partial charge < -0.3 is 5.32 Å². The van der Waals surface area contributed by atoms with E-state index in [0.29, 0.717) is 5.56 Å². The number of hydrogen-bond donors (Lipinski definition) is 1. The molecule has 0 heterocycles. The molecule has 0 bridgehead atoms. The molecule has 1 amide bonds. The first-order valence-corrected chi connectivity index (χ1v) is 7.34. The maximum atomic E-state index is 13.1. The number of halogens is 1. The lowest BCUT2D eigenvalue weighted by Gasteiger charge is -2.26. The van der Waals surface area contributed by atoms with Crippen molar-refractivity contribution < 1.29 is 9.18 Å². The highest BCUT2D eigenvalue weighted by Crippen LogP contribution is 2.29. The Morgan fingerprint density at radius 2 is 2.05 bits per heavy atom. The maximum absolute atomic E-state index is 13.1. The minimum atomic E-state index is -0.302. The van der Waals surface area contributed by atoms with E-state index in [2.05, 4.69) is 17.4 Å². The molecule has 2 nitrogen and oxygen atoms in total. The van der Waals surface area contributed by atoms with E-state index in [1.807, 2.05) is 12.1 Å². The maximum Gasteiger partial charge on any atom is 0.224 e. The third-order valence-electron chi connectivity index (χ3n) is 3.96. The third-order valence-corrected chi connectivity index (χ3v) is 3.96. The van der Waals surface area contributed by atoms with E-state index < -0.39 is 0 Å². The second-order valence-electron chi connectivity index (χ2n) is 5.52. The highest BCUT2D eigenvalue weighted by Gasteiger charge is 2.21. The molecule has 0 fully saturated rings. The molecule has 2 aromatic carbocycles. The zero-order valence-corrected chi connectivity index (χ0v) is 11.8. The quantitative estimate of drug-likeness (QED) is 0.917. The SMILES string of the molecule is O=C(Cc1cccc(F)c1)NC1CCCc2ccccc21. The predicted octanol–water partition coefficient (Wildman–Crippen LogP) is 3.56. The number of carbonyl (C=O) groups excluding carboxylic acids is 1. The van der Waals surface area contributed by atoms with Crippen LogP contribution in [-0.4, -0.2) is 5.91 Å². The number of amides is 1. The first-order chi connectivity index (χ1) is 10.2. The van der Waals surface area contributed by atoms with Gasteiger partial charge in [-0.05, 0) is 48.1 Å². The van der Waals surface area contributed by atoms with E-state index in [4.69, 9.17) is 0 Å². The van der Waals surface area contributed by atoms with E-state index >= 15 is 0 Å². The molecule has 0 radical (unpaired) electrons. The molecular formula is C18H18FNO. The van der Waals surface area contributed by atoms with Crippen molar-refractivity contribution in [1.29, 1.82) is 0 Å². The molecule has 1 aliphatic rings. The summed E-state index contributed by atoms with van der Waals surface area (Å²) in [4.78, 5) is 12.2. The Labute approximate surface area is 124 Å². The molecule has 108 valence electrons. The van der Waals surface area contributed by atoms with Crippen molar-refractivity contribution in [1.82, 2.24) is 5.32 Å². The molecule has 3 heteroatoms. The molecule has 1 N–H and O–H groups in total. The van der Waals surface area contributed by atoms with Crippen LogP contribution < -0.4 is 5.32 Å². The molecule has 21 heavy (non-hydrogen) atoms. The fourth-order valence-electron chi connectivity index (χ4n) is 2.98. The summed E-state index contributed by atoms with van der Waals surface area (Å²) in [7, 11) is 0. The first-order valence-electron chi connectivity index (χ1n) is 7.34. The van der Waals surface area contributed by atoms with Gasteiger partial charge in [-0.15, -0.1) is 0 Å². The largest absolute Gasteiger partial charge is 0.349 e. The van der Waals surface area contributed by atoms with Gasteiger partial charge in [-0.3, -0.25) is 4.79 Å². The lowest BCUT2D eigenvalue weighted by molar-refractivity contribution is -0.121. The Hall–Kier alpha value is -2.16. The molecule has 0 saturated heterocycles. The Morgan fingerprint density at radius 3 is 2.90 bits per heavy atom. The lowest BCUT2D eigenvalue weighted by Crippen LogP contribution is -2.32. The normalized spacial score (nSPS) is 17.1. The summed E-state index contributed by atoms with van der Waals surface area (Å²) in [6.45, 7) is 0. The van der Waals surface area contributed by atoms with Gasteiger partial charge in [0.05, 0.1) is 12.5 Å². The highest BCUT2D eigenvalue weighted by molar-refractivity contribution is 5.79. The lowest BCUT2D eigenvalue weighted by atomic mass is 9.87. The van der Waals surface area contributed by atoms with Crippen LogP contribution in [0.15, 0.2) is 48.5 Å². The minimum absolute atomic E-state index is 0.0534. The van der Waals surface area contributed by atoms with Gasteiger partial charge in [0.15, 0.2) is 0 Å². The van der Waals surface area contributed by atoms with Crippen LogP contribution in [0.25, 0.3) is 0 Å². The number of nitrogens with one attached hydrogen (secondary N) is 1. The Kier molecular flexibility index (Phi) is 4.00. The molecule has 0 aromatic heterocycles. The van der Waals surface area contributed by atoms with Gasteiger partial charge >= 0.3 is 0 Å². The van der Waals surface area contributed by atoms with Crippen LogP contribution in [0.2, 0.25) is 0 Å². The Bertz CT molecular complexity index is 653. The summed E-state index contributed by atoms with van der Waals surface area (Å²) in [6, 6.07) is 14.5. The molecule has 2 aromatic rings. The summed E-state index contributed by atoms with van der Waals surface area (Å²) in [5.74, 6) is -0.356. The van der Waals surface area contributed by atoms with Crippen LogP contribution in [-0.2, 0) is 17.6 Å². The summed E-state index contributed by atoms with van der Waals surface area (Å²) < 4.78 is 13.1. The van der Waals surface area contributed by atoms with E-state index in [0.717, 1.165) is 19.3 Å². The van der Waals surface area contributed by atoms with E-state index in [9.17, 15) is 9.18 Å². The minimum Gasteiger partial charge on any atom is -0.349 e. The monoisotopic (exact) mass is 283 g/mol. The third kappa shape index (κ3) is 3.30. The van der Waals surface area contributed by atoms with Gasteiger partial charge in [0, 0.05) is 0 Å². The first kappa shape index (κ1) is 13.8. The van der Waals surface area contributed by atoms with Gasteiger partial charge in [-0.25, -0.2) is 4.39 Å². The zero-order valence-electron chi connectivity index (χ0n) is 11.8. The van der Waals surface area contributed by atoms with Crippen molar-refractivity contribution in [3.8, 4) is 0 Å². The number of benzene rings is 2. The topological polar surface area (TPSA) is 29.1 Å². The van der Waals surface area contributed by atoms with Crippen molar-refractivity contribution in [2.75, 3.05) is 0 Å². The van der Waals surface area contributed by atoms with E-state index in [1.54, 1.807) is 12.1 Å². The molecule has 0 spiro atoms. The van der Waals surface area contributed by atoms with Crippen molar-refractivity contribution in [3.05, 3.63) is 71.0 Å². The summed E-state index contributed by atoms with van der Waals surface area (Å²) in [5, 5.41) is 3.08. The van der Waals surface area contributed by atoms with Crippen molar-refractivity contribution in [2.45, 2.75) is 31.7 Å². The molecule has 3 rings (SSSR count). The van der Waals surface area contributed by atoms with Gasteiger partial charge in [0.25, 0.3) is 0 Å². The van der Waals surface area contributed by atoms with E-state index in [1.165, 1.54) is 23.3 Å². The second kappa shape index (κ2) is 6.08. The molecule has 1 atom stereocenters. The van der Waals surface area contributed by atoms with Gasteiger partial charge in [-0.1, -0.05) is 36.4 Å². The highest BCUT2D eigenvalue weighted by atomic mass is 19.1. The van der Waals surface area contributed by atoms with E-state index in [-0.39, 0.29) is 24.2 Å². The van der Waals surface area contributed by atoms with Crippen LogP contribution in [0.1, 0.15) is 35.6 Å². The number of fused-ring (bicyclic) bond motifs is 1. The van der Waals surface area contributed by atoms with Crippen molar-refractivity contribution >= 4 is 5.91 Å². The molecule has 1 unspecified atom stereocenters. The average molecular weight is 283 g/mol. The molecule has 0 saturated carbocycles. The fourth-order valence-corrected chi connectivity index (χ4v) is 2.98. The average Bonchev–Trinajstić information content (AvgIpc) is 2.47. The molecule has 0 aliphatic heterocycles. The van der Waals surface area contributed by atoms with Crippen LogP contribution in [0, 0.1) is 5.82 Å². The van der Waals surface area contributed by atoms with Crippen molar-refractivity contribution in [2.24, 2.45) is 0 Å². The second-order valence-corrected chi connectivity index (χ2v) is 5.52. The number of aryl methyl sites for hydroxylation is 1. The Morgan fingerprint density at radius 1 is 1.19 bits per heavy atom. The van der Waals surface area contributed by atoms with Gasteiger partial charge in [-0.2, -0.15) is 0 Å². The molecule has 1 aliphatic carbocycles. The van der Waals surface area contributed by atoms with Crippen LogP contribution >= 0.6 is 0 Å².